The van der Waals surface area contributed by atoms with Gasteiger partial charge in [-0.25, -0.2) is 4.79 Å². The highest BCUT2D eigenvalue weighted by atomic mass is 79.9. The molecular weight excluding hydrogens is 334 g/mol. The fourth-order valence-corrected chi connectivity index (χ4v) is 3.66. The Morgan fingerprint density at radius 1 is 1.38 bits per heavy atom. The number of nitrogens with one attached hydrogen (secondary N) is 1. The van der Waals surface area contributed by atoms with E-state index in [9.17, 15) is 9.90 Å². The van der Waals surface area contributed by atoms with E-state index in [4.69, 9.17) is 0 Å². The summed E-state index contributed by atoms with van der Waals surface area (Å²) in [7, 11) is 0. The number of rotatable bonds is 1. The molecule has 1 aromatic carbocycles. The van der Waals surface area contributed by atoms with Crippen LogP contribution in [0.4, 0.5) is 0 Å². The van der Waals surface area contributed by atoms with Crippen molar-refractivity contribution in [2.45, 2.75) is 31.4 Å². The van der Waals surface area contributed by atoms with E-state index in [1.807, 2.05) is 18.2 Å². The molecule has 21 heavy (non-hydrogen) atoms. The summed E-state index contributed by atoms with van der Waals surface area (Å²) in [5, 5.41) is 10.7. The number of benzene rings is 1. The number of imidazole rings is 1. The Morgan fingerprint density at radius 3 is 3.00 bits per heavy atom. The number of H-pyrrole nitrogens is 1. The summed E-state index contributed by atoms with van der Waals surface area (Å²) in [6, 6.07) is 5.91. The molecule has 1 fully saturated rings. The van der Waals surface area contributed by atoms with Crippen molar-refractivity contribution in [2.24, 2.45) is 0 Å². The van der Waals surface area contributed by atoms with Crippen molar-refractivity contribution in [1.29, 1.82) is 0 Å². The van der Waals surface area contributed by atoms with Crippen LogP contribution in [0.3, 0.4) is 0 Å². The molecule has 0 amide bonds. The predicted molar refractivity (Wildman–Crippen MR) is 84.5 cm³/mol. The van der Waals surface area contributed by atoms with Crippen LogP contribution in [0.1, 0.15) is 25.3 Å². The molecule has 1 aliphatic carbocycles. The van der Waals surface area contributed by atoms with Crippen molar-refractivity contribution in [1.82, 2.24) is 14.5 Å². The average Bonchev–Trinajstić information content (AvgIpc) is 3.01. The maximum Gasteiger partial charge on any atom is 0.326 e. The molecule has 2 heterocycles. The summed E-state index contributed by atoms with van der Waals surface area (Å²) < 4.78 is 2.75. The number of aliphatic hydroxyl groups is 1. The first-order valence-corrected chi connectivity index (χ1v) is 7.79. The minimum Gasteiger partial charge on any atom is -0.393 e. The zero-order valence-electron chi connectivity index (χ0n) is 11.2. The molecule has 0 aliphatic heterocycles. The fourth-order valence-electron chi connectivity index (χ4n) is 3.30. The predicted octanol–water partition coefficient (Wildman–Crippen LogP) is 2.73. The number of fused-ring (bicyclic) bond motifs is 3. The SMILES string of the molecule is O=c1[nH]c2cnc3ccc(Br)cc3c2n1C1CC[C@@H](O)C1. The third-order valence-electron chi connectivity index (χ3n) is 4.25. The topological polar surface area (TPSA) is 70.9 Å². The van der Waals surface area contributed by atoms with E-state index in [0.29, 0.717) is 6.42 Å². The highest BCUT2D eigenvalue weighted by Crippen LogP contribution is 2.33. The molecule has 1 aliphatic rings. The maximum absolute atomic E-state index is 12.3. The number of aliphatic hydroxyl groups excluding tert-OH is 1. The standard InChI is InChI=1S/C15H14BrN3O2/c16-8-1-4-12-11(5-8)14-13(7-17-12)18-15(21)19(14)9-2-3-10(20)6-9/h1,4-5,7,9-10,20H,2-3,6H2,(H,18,21)/t9?,10-/m1/s1. The van der Waals surface area contributed by atoms with Crippen LogP contribution in [0.25, 0.3) is 21.9 Å². The smallest absolute Gasteiger partial charge is 0.326 e. The van der Waals surface area contributed by atoms with Gasteiger partial charge in [0.2, 0.25) is 0 Å². The van der Waals surface area contributed by atoms with E-state index < -0.39 is 0 Å². The summed E-state index contributed by atoms with van der Waals surface area (Å²) >= 11 is 3.48. The zero-order chi connectivity index (χ0) is 14.6. The third kappa shape index (κ3) is 2.01. The molecule has 1 unspecified atom stereocenters. The lowest BCUT2D eigenvalue weighted by molar-refractivity contribution is 0.178. The number of hydrogen-bond donors (Lipinski definition) is 2. The van der Waals surface area contributed by atoms with E-state index in [1.165, 1.54) is 0 Å². The van der Waals surface area contributed by atoms with Crippen LogP contribution in [-0.4, -0.2) is 25.7 Å². The summed E-state index contributed by atoms with van der Waals surface area (Å²) in [6.45, 7) is 0. The third-order valence-corrected chi connectivity index (χ3v) is 4.74. The van der Waals surface area contributed by atoms with Gasteiger partial charge in [0.25, 0.3) is 0 Å². The van der Waals surface area contributed by atoms with Gasteiger partial charge < -0.3 is 10.1 Å². The molecule has 2 atom stereocenters. The Morgan fingerprint density at radius 2 is 2.24 bits per heavy atom. The Hall–Kier alpha value is -1.66. The van der Waals surface area contributed by atoms with Crippen LogP contribution in [0, 0.1) is 0 Å². The highest BCUT2D eigenvalue weighted by Gasteiger charge is 2.27. The fraction of sp³-hybridized carbons (Fsp3) is 0.333. The summed E-state index contributed by atoms with van der Waals surface area (Å²) in [4.78, 5) is 19.6. The number of nitrogens with zero attached hydrogens (tertiary/aromatic N) is 2. The average molecular weight is 348 g/mol. The van der Waals surface area contributed by atoms with Gasteiger partial charge in [0.15, 0.2) is 0 Å². The number of pyridine rings is 1. The molecule has 2 aromatic heterocycles. The molecular formula is C15H14BrN3O2. The lowest BCUT2D eigenvalue weighted by atomic mass is 10.1. The summed E-state index contributed by atoms with van der Waals surface area (Å²) in [5.74, 6) is 0. The van der Waals surface area contributed by atoms with Crippen LogP contribution in [0.5, 0.6) is 0 Å². The number of hydrogen-bond acceptors (Lipinski definition) is 3. The van der Waals surface area contributed by atoms with E-state index in [-0.39, 0.29) is 17.8 Å². The molecule has 2 N–H and O–H groups in total. The van der Waals surface area contributed by atoms with E-state index in [0.717, 1.165) is 39.3 Å². The lowest BCUT2D eigenvalue weighted by Gasteiger charge is -2.13. The molecule has 108 valence electrons. The molecule has 0 bridgehead atoms. The number of aromatic nitrogens is 3. The van der Waals surface area contributed by atoms with Gasteiger partial charge in [-0.1, -0.05) is 15.9 Å². The van der Waals surface area contributed by atoms with Crippen LogP contribution in [0.2, 0.25) is 0 Å². The Kier molecular flexibility index (Phi) is 2.90. The second-order valence-electron chi connectivity index (χ2n) is 5.60. The van der Waals surface area contributed by atoms with Gasteiger partial charge >= 0.3 is 5.69 Å². The largest absolute Gasteiger partial charge is 0.393 e. The minimum atomic E-state index is -0.313. The van der Waals surface area contributed by atoms with Crippen LogP contribution in [-0.2, 0) is 0 Å². The van der Waals surface area contributed by atoms with Crippen molar-refractivity contribution in [3.05, 3.63) is 39.4 Å². The van der Waals surface area contributed by atoms with Gasteiger partial charge in [0.05, 0.1) is 28.9 Å². The molecule has 3 aromatic rings. The van der Waals surface area contributed by atoms with Crippen molar-refractivity contribution in [2.75, 3.05) is 0 Å². The Balaban J connectivity index is 2.07. The van der Waals surface area contributed by atoms with Gasteiger partial charge in [-0.2, -0.15) is 0 Å². The van der Waals surface area contributed by atoms with Crippen molar-refractivity contribution < 1.29 is 5.11 Å². The van der Waals surface area contributed by atoms with E-state index >= 15 is 0 Å². The molecule has 6 heteroatoms. The van der Waals surface area contributed by atoms with Crippen LogP contribution < -0.4 is 5.69 Å². The number of halogens is 1. The van der Waals surface area contributed by atoms with Gasteiger partial charge in [-0.15, -0.1) is 0 Å². The molecule has 1 saturated carbocycles. The van der Waals surface area contributed by atoms with Crippen molar-refractivity contribution in [3.8, 4) is 0 Å². The highest BCUT2D eigenvalue weighted by molar-refractivity contribution is 9.10. The zero-order valence-corrected chi connectivity index (χ0v) is 12.8. The van der Waals surface area contributed by atoms with E-state index in [2.05, 4.69) is 25.9 Å². The Bertz CT molecular complexity index is 899. The van der Waals surface area contributed by atoms with Gasteiger partial charge in [-0.05, 0) is 37.5 Å². The number of aromatic amines is 1. The first kappa shape index (κ1) is 13.0. The van der Waals surface area contributed by atoms with Crippen LogP contribution in [0.15, 0.2) is 33.7 Å². The summed E-state index contributed by atoms with van der Waals surface area (Å²) in [6.07, 6.45) is 3.59. The minimum absolute atomic E-state index is 0.0471. The molecule has 0 radical (unpaired) electrons. The monoisotopic (exact) mass is 347 g/mol. The molecule has 0 saturated heterocycles. The molecule has 5 nitrogen and oxygen atoms in total. The lowest BCUT2D eigenvalue weighted by Crippen LogP contribution is -2.21. The second-order valence-corrected chi connectivity index (χ2v) is 6.52. The Labute approximate surface area is 128 Å². The summed E-state index contributed by atoms with van der Waals surface area (Å²) in [5.41, 5.74) is 2.35. The van der Waals surface area contributed by atoms with Crippen LogP contribution >= 0.6 is 15.9 Å². The normalized spacial score (nSPS) is 22.4. The first-order valence-electron chi connectivity index (χ1n) is 7.00. The van der Waals surface area contributed by atoms with Crippen molar-refractivity contribution >= 4 is 37.9 Å². The molecule has 4 rings (SSSR count). The second kappa shape index (κ2) is 4.68. The molecule has 0 spiro atoms. The van der Waals surface area contributed by atoms with E-state index in [1.54, 1.807) is 10.8 Å². The van der Waals surface area contributed by atoms with Gasteiger partial charge in [0, 0.05) is 15.9 Å². The first-order chi connectivity index (χ1) is 10.1. The quantitative estimate of drug-likeness (QED) is 0.710. The van der Waals surface area contributed by atoms with Crippen molar-refractivity contribution in [3.63, 3.8) is 0 Å². The van der Waals surface area contributed by atoms with Gasteiger partial charge in [-0.3, -0.25) is 9.55 Å². The van der Waals surface area contributed by atoms with Gasteiger partial charge in [0.1, 0.15) is 0 Å². The maximum atomic E-state index is 12.3.